The number of alkyl halides is 3. The number of benzene rings is 2. The van der Waals surface area contributed by atoms with Crippen LogP contribution in [0.3, 0.4) is 0 Å². The van der Waals surface area contributed by atoms with Crippen LogP contribution in [0.15, 0.2) is 42.5 Å². The summed E-state index contributed by atoms with van der Waals surface area (Å²) in [6.45, 7) is 2.76. The van der Waals surface area contributed by atoms with Crippen LogP contribution in [-0.2, 0) is 11.8 Å². The molecule has 0 spiro atoms. The van der Waals surface area contributed by atoms with E-state index >= 15 is 0 Å². The first-order valence-electron chi connectivity index (χ1n) is 7.91. The minimum absolute atomic E-state index is 0.0440. The van der Waals surface area contributed by atoms with Crippen LogP contribution in [0.4, 0.5) is 17.6 Å². The molecule has 2 aromatic rings. The van der Waals surface area contributed by atoms with Crippen molar-refractivity contribution in [2.75, 3.05) is 0 Å². The quantitative estimate of drug-likeness (QED) is 0.680. The summed E-state index contributed by atoms with van der Waals surface area (Å²) in [7, 11) is 0. The van der Waals surface area contributed by atoms with Gasteiger partial charge in [-0.3, -0.25) is 0 Å². The molecule has 0 saturated heterocycles. The highest BCUT2D eigenvalue weighted by Gasteiger charge is 2.56. The molecule has 26 heavy (non-hydrogen) atoms. The molecule has 1 unspecified atom stereocenters. The number of phenols is 2. The van der Waals surface area contributed by atoms with E-state index in [1.807, 2.05) is 0 Å². The van der Waals surface area contributed by atoms with Crippen LogP contribution in [0, 0.1) is 5.82 Å². The predicted octanol–water partition coefficient (Wildman–Crippen LogP) is 4.44. The number of aromatic hydroxyl groups is 2. The summed E-state index contributed by atoms with van der Waals surface area (Å²) in [6, 6.07) is 8.44. The molecule has 0 aliphatic heterocycles. The summed E-state index contributed by atoms with van der Waals surface area (Å²) in [5, 5.41) is 30.2. The van der Waals surface area contributed by atoms with Crippen molar-refractivity contribution in [2.45, 2.75) is 43.9 Å². The molecule has 0 saturated carbocycles. The summed E-state index contributed by atoms with van der Waals surface area (Å²) in [4.78, 5) is 0. The lowest BCUT2D eigenvalue weighted by atomic mass is 9.72. The highest BCUT2D eigenvalue weighted by molar-refractivity contribution is 5.39. The lowest BCUT2D eigenvalue weighted by molar-refractivity contribution is -0.266. The van der Waals surface area contributed by atoms with E-state index in [4.69, 9.17) is 0 Å². The molecule has 3 nitrogen and oxygen atoms in total. The Morgan fingerprint density at radius 3 is 2.12 bits per heavy atom. The van der Waals surface area contributed by atoms with E-state index in [1.165, 1.54) is 38.1 Å². The number of hydrogen-bond donors (Lipinski definition) is 3. The van der Waals surface area contributed by atoms with Gasteiger partial charge in [-0.05, 0) is 41.7 Å². The topological polar surface area (TPSA) is 60.7 Å². The van der Waals surface area contributed by atoms with Crippen LogP contribution >= 0.6 is 0 Å². The maximum absolute atomic E-state index is 13.7. The molecule has 2 rings (SSSR count). The van der Waals surface area contributed by atoms with Gasteiger partial charge >= 0.3 is 6.18 Å². The van der Waals surface area contributed by atoms with Crippen molar-refractivity contribution >= 4 is 0 Å². The van der Waals surface area contributed by atoms with E-state index in [2.05, 4.69) is 0 Å². The van der Waals surface area contributed by atoms with E-state index < -0.39 is 35.9 Å². The highest BCUT2D eigenvalue weighted by atomic mass is 19.4. The third kappa shape index (κ3) is 4.09. The number of phenolic OH excluding ortho intramolecular Hbond substituents is 2. The van der Waals surface area contributed by atoms with Crippen molar-refractivity contribution < 1.29 is 32.9 Å². The molecule has 7 heteroatoms. The van der Waals surface area contributed by atoms with E-state index in [9.17, 15) is 32.9 Å². The van der Waals surface area contributed by atoms with Gasteiger partial charge in [0.1, 0.15) is 17.3 Å². The lowest BCUT2D eigenvalue weighted by Gasteiger charge is -2.38. The normalized spacial score (nSPS) is 14.9. The first kappa shape index (κ1) is 20.0. The van der Waals surface area contributed by atoms with Gasteiger partial charge in [0.05, 0.1) is 0 Å². The van der Waals surface area contributed by atoms with E-state index in [0.717, 1.165) is 18.2 Å². The average Bonchev–Trinajstić information content (AvgIpc) is 2.50. The Hall–Kier alpha value is -2.28. The van der Waals surface area contributed by atoms with Gasteiger partial charge in [0, 0.05) is 12.0 Å². The van der Waals surface area contributed by atoms with Gasteiger partial charge in [-0.2, -0.15) is 13.2 Å². The number of para-hydroxylation sites is 1. The Bertz CT molecular complexity index is 787. The number of aliphatic hydroxyl groups is 1. The van der Waals surface area contributed by atoms with Gasteiger partial charge in [0.2, 0.25) is 0 Å². The Kier molecular flexibility index (Phi) is 5.24. The largest absolute Gasteiger partial charge is 0.508 e. The molecule has 3 N–H and O–H groups in total. The maximum atomic E-state index is 13.7. The smallest absolute Gasteiger partial charge is 0.417 e. The van der Waals surface area contributed by atoms with Gasteiger partial charge in [0.15, 0.2) is 5.60 Å². The van der Waals surface area contributed by atoms with E-state index in [-0.39, 0.29) is 22.6 Å². The predicted molar refractivity (Wildman–Crippen MR) is 88.5 cm³/mol. The second-order valence-corrected chi connectivity index (χ2v) is 7.06. The molecule has 2 aromatic carbocycles. The zero-order valence-corrected chi connectivity index (χ0v) is 14.3. The summed E-state index contributed by atoms with van der Waals surface area (Å²) in [5.74, 6) is -1.42. The Morgan fingerprint density at radius 1 is 0.923 bits per heavy atom. The van der Waals surface area contributed by atoms with Crippen LogP contribution in [-0.4, -0.2) is 27.1 Å². The molecule has 0 bridgehead atoms. The van der Waals surface area contributed by atoms with Crippen molar-refractivity contribution in [2.24, 2.45) is 0 Å². The summed E-state index contributed by atoms with van der Waals surface area (Å²) < 4.78 is 54.6. The van der Waals surface area contributed by atoms with Crippen molar-refractivity contribution in [3.8, 4) is 11.5 Å². The number of hydrogen-bond acceptors (Lipinski definition) is 3. The van der Waals surface area contributed by atoms with E-state index in [1.54, 1.807) is 0 Å². The summed E-state index contributed by atoms with van der Waals surface area (Å²) in [5.41, 5.74) is -4.70. The van der Waals surface area contributed by atoms with Gasteiger partial charge in [-0.25, -0.2) is 4.39 Å². The Morgan fingerprint density at radius 2 is 1.54 bits per heavy atom. The molecule has 0 aromatic heterocycles. The van der Waals surface area contributed by atoms with Crippen LogP contribution in [0.5, 0.6) is 11.5 Å². The molecular formula is C19H20F4O3. The highest BCUT2D eigenvalue weighted by Crippen LogP contribution is 2.45. The standard InChI is InChI=1S/C19H20F4O3/c1-17(2,14-9-13(20)7-8-16(14)25)11-18(26,19(21,22)23)10-12-5-3-4-6-15(12)24/h3-9,24-26H,10-11H2,1-2H3. The molecule has 1 atom stereocenters. The summed E-state index contributed by atoms with van der Waals surface area (Å²) in [6.07, 6.45) is -6.72. The Labute approximate surface area is 148 Å². The third-order valence-corrected chi connectivity index (χ3v) is 4.42. The monoisotopic (exact) mass is 372 g/mol. The maximum Gasteiger partial charge on any atom is 0.417 e. The van der Waals surface area contributed by atoms with Crippen molar-refractivity contribution in [1.82, 2.24) is 0 Å². The molecule has 0 aliphatic carbocycles. The SMILES string of the molecule is CC(C)(CC(O)(Cc1ccccc1O)C(F)(F)F)c1cc(F)ccc1O. The molecule has 0 amide bonds. The lowest BCUT2D eigenvalue weighted by Crippen LogP contribution is -2.50. The molecule has 142 valence electrons. The molecule has 0 fully saturated rings. The Balaban J connectivity index is 2.44. The van der Waals surface area contributed by atoms with Gasteiger partial charge in [0.25, 0.3) is 0 Å². The second-order valence-electron chi connectivity index (χ2n) is 7.06. The molecule has 0 heterocycles. The van der Waals surface area contributed by atoms with Crippen LogP contribution in [0.2, 0.25) is 0 Å². The van der Waals surface area contributed by atoms with Crippen LogP contribution < -0.4 is 0 Å². The van der Waals surface area contributed by atoms with Crippen LogP contribution in [0.25, 0.3) is 0 Å². The zero-order valence-electron chi connectivity index (χ0n) is 14.3. The fraction of sp³-hybridized carbons (Fsp3) is 0.368. The van der Waals surface area contributed by atoms with Crippen molar-refractivity contribution in [3.05, 3.63) is 59.4 Å². The van der Waals surface area contributed by atoms with Gasteiger partial charge < -0.3 is 15.3 Å². The second kappa shape index (κ2) is 6.79. The first-order chi connectivity index (χ1) is 11.9. The fourth-order valence-electron chi connectivity index (χ4n) is 3.11. The van der Waals surface area contributed by atoms with Gasteiger partial charge in [-0.15, -0.1) is 0 Å². The van der Waals surface area contributed by atoms with Crippen molar-refractivity contribution in [3.63, 3.8) is 0 Å². The minimum Gasteiger partial charge on any atom is -0.508 e. The zero-order chi connectivity index (χ0) is 19.8. The van der Waals surface area contributed by atoms with E-state index in [0.29, 0.717) is 0 Å². The molecule has 0 aliphatic rings. The van der Waals surface area contributed by atoms with Gasteiger partial charge in [-0.1, -0.05) is 32.0 Å². The fourth-order valence-corrected chi connectivity index (χ4v) is 3.11. The average molecular weight is 372 g/mol. The number of rotatable bonds is 5. The number of halogens is 4. The minimum atomic E-state index is -5.00. The van der Waals surface area contributed by atoms with Crippen LogP contribution in [0.1, 0.15) is 31.4 Å². The molecule has 0 radical (unpaired) electrons. The first-order valence-corrected chi connectivity index (χ1v) is 7.91. The summed E-state index contributed by atoms with van der Waals surface area (Å²) >= 11 is 0. The van der Waals surface area contributed by atoms with Crippen molar-refractivity contribution in [1.29, 1.82) is 0 Å². The third-order valence-electron chi connectivity index (χ3n) is 4.42. The molecular weight excluding hydrogens is 352 g/mol.